The number of ether oxygens (including phenoxy) is 1. The van der Waals surface area contributed by atoms with E-state index in [9.17, 15) is 9.50 Å². The summed E-state index contributed by atoms with van der Waals surface area (Å²) in [5, 5.41) is 25.4. The second-order valence-electron chi connectivity index (χ2n) is 6.75. The Labute approximate surface area is 171 Å². The van der Waals surface area contributed by atoms with Gasteiger partial charge >= 0.3 is 0 Å². The van der Waals surface area contributed by atoms with Crippen LogP contribution >= 0.6 is 0 Å². The summed E-state index contributed by atoms with van der Waals surface area (Å²) in [6.45, 7) is 6.81. The van der Waals surface area contributed by atoms with Crippen molar-refractivity contribution >= 4 is 5.96 Å². The van der Waals surface area contributed by atoms with E-state index in [-0.39, 0.29) is 24.8 Å². The topological polar surface area (TPSA) is 89.7 Å². The van der Waals surface area contributed by atoms with Crippen molar-refractivity contribution in [1.82, 2.24) is 10.6 Å². The van der Waals surface area contributed by atoms with E-state index < -0.39 is 11.9 Å². The Bertz CT molecular complexity index is 860. The van der Waals surface area contributed by atoms with Gasteiger partial charge in [0.2, 0.25) is 0 Å². The van der Waals surface area contributed by atoms with Gasteiger partial charge in [-0.25, -0.2) is 9.38 Å². The van der Waals surface area contributed by atoms with E-state index in [1.165, 1.54) is 6.07 Å². The SMILES string of the molecule is CCNC(=NCc1ccc(C#N)cc1F)NCC(O)c1ccc(OC(C)C)cc1. The fourth-order valence-electron chi connectivity index (χ4n) is 2.60. The third kappa shape index (κ3) is 7.09. The second kappa shape index (κ2) is 11.0. The average Bonchev–Trinajstić information content (AvgIpc) is 2.70. The molecule has 0 aliphatic heterocycles. The first kappa shape index (κ1) is 22.2. The van der Waals surface area contributed by atoms with Crippen molar-refractivity contribution in [2.75, 3.05) is 13.1 Å². The highest BCUT2D eigenvalue weighted by Gasteiger charge is 2.10. The van der Waals surface area contributed by atoms with Crippen molar-refractivity contribution in [1.29, 1.82) is 5.26 Å². The fourth-order valence-corrected chi connectivity index (χ4v) is 2.60. The van der Waals surface area contributed by atoms with Crippen LogP contribution in [-0.2, 0) is 6.54 Å². The van der Waals surface area contributed by atoms with Gasteiger partial charge < -0.3 is 20.5 Å². The molecule has 2 rings (SSSR count). The Kier molecular flexibility index (Phi) is 8.44. The number of guanidine groups is 1. The van der Waals surface area contributed by atoms with Crippen LogP contribution in [0.15, 0.2) is 47.5 Å². The summed E-state index contributed by atoms with van der Waals surface area (Å²) >= 11 is 0. The molecule has 7 heteroatoms. The zero-order valence-corrected chi connectivity index (χ0v) is 16.9. The van der Waals surface area contributed by atoms with Crippen LogP contribution in [0.3, 0.4) is 0 Å². The molecule has 0 radical (unpaired) electrons. The molecule has 0 heterocycles. The number of rotatable bonds is 8. The molecule has 2 aromatic carbocycles. The molecule has 0 bridgehead atoms. The normalized spacial score (nSPS) is 12.4. The molecule has 1 atom stereocenters. The van der Waals surface area contributed by atoms with Gasteiger partial charge in [-0.15, -0.1) is 0 Å². The van der Waals surface area contributed by atoms with Gasteiger partial charge in [0, 0.05) is 18.7 Å². The third-order valence-electron chi connectivity index (χ3n) is 4.03. The zero-order chi connectivity index (χ0) is 21.2. The molecule has 6 nitrogen and oxygen atoms in total. The molecule has 1 unspecified atom stereocenters. The molecule has 0 fully saturated rings. The highest BCUT2D eigenvalue weighted by Crippen LogP contribution is 2.18. The quantitative estimate of drug-likeness (QED) is 0.469. The highest BCUT2D eigenvalue weighted by atomic mass is 19.1. The molecule has 0 aliphatic rings. The van der Waals surface area contributed by atoms with E-state index in [2.05, 4.69) is 15.6 Å². The van der Waals surface area contributed by atoms with Crippen molar-refractivity contribution in [2.45, 2.75) is 39.5 Å². The third-order valence-corrected chi connectivity index (χ3v) is 4.03. The largest absolute Gasteiger partial charge is 0.491 e. The van der Waals surface area contributed by atoms with E-state index in [0.717, 1.165) is 11.3 Å². The Morgan fingerprint density at radius 1 is 1.21 bits per heavy atom. The van der Waals surface area contributed by atoms with Gasteiger partial charge in [0.1, 0.15) is 11.6 Å². The number of aliphatic imine (C=N–C) groups is 1. The summed E-state index contributed by atoms with van der Waals surface area (Å²) in [5.41, 5.74) is 1.42. The van der Waals surface area contributed by atoms with E-state index in [1.54, 1.807) is 12.1 Å². The predicted octanol–water partition coefficient (Wildman–Crippen LogP) is 3.27. The Morgan fingerprint density at radius 3 is 2.52 bits per heavy atom. The molecule has 0 aliphatic carbocycles. The summed E-state index contributed by atoms with van der Waals surface area (Å²) < 4.78 is 19.6. The van der Waals surface area contributed by atoms with Crippen LogP contribution in [0.2, 0.25) is 0 Å². The summed E-state index contributed by atoms with van der Waals surface area (Å²) in [6, 6.07) is 13.5. The Hall–Kier alpha value is -3.11. The number of hydrogen-bond donors (Lipinski definition) is 3. The molecule has 0 aromatic heterocycles. The number of nitrogens with one attached hydrogen (secondary N) is 2. The van der Waals surface area contributed by atoms with E-state index in [0.29, 0.717) is 18.1 Å². The Morgan fingerprint density at radius 2 is 1.93 bits per heavy atom. The number of benzene rings is 2. The standard InChI is InChI=1S/C22H27FN4O2/c1-4-25-22(26-13-18-6-5-16(12-24)11-20(18)23)27-14-21(28)17-7-9-19(10-8-17)29-15(2)3/h5-11,15,21,28H,4,13-14H2,1-3H3,(H2,25,26,27). The van der Waals surface area contributed by atoms with Crippen LogP contribution in [0.25, 0.3) is 0 Å². The van der Waals surface area contributed by atoms with Gasteiger partial charge in [0.25, 0.3) is 0 Å². The van der Waals surface area contributed by atoms with Crippen molar-refractivity contribution in [3.8, 4) is 11.8 Å². The molecule has 2 aromatic rings. The highest BCUT2D eigenvalue weighted by molar-refractivity contribution is 5.79. The lowest BCUT2D eigenvalue weighted by atomic mass is 10.1. The number of nitrogens with zero attached hydrogens (tertiary/aromatic N) is 2. The lowest BCUT2D eigenvalue weighted by Crippen LogP contribution is -2.39. The van der Waals surface area contributed by atoms with Crippen LogP contribution in [0.4, 0.5) is 4.39 Å². The minimum Gasteiger partial charge on any atom is -0.491 e. The van der Waals surface area contributed by atoms with Crippen LogP contribution in [0.5, 0.6) is 5.75 Å². The lowest BCUT2D eigenvalue weighted by Gasteiger charge is -2.16. The first-order valence-corrected chi connectivity index (χ1v) is 9.58. The van der Waals surface area contributed by atoms with Gasteiger partial charge in [-0.05, 0) is 50.6 Å². The predicted molar refractivity (Wildman–Crippen MR) is 111 cm³/mol. The first-order chi connectivity index (χ1) is 13.9. The van der Waals surface area contributed by atoms with Gasteiger partial charge in [0.15, 0.2) is 5.96 Å². The molecule has 0 saturated heterocycles. The van der Waals surface area contributed by atoms with Crippen LogP contribution in [0, 0.1) is 17.1 Å². The van der Waals surface area contributed by atoms with E-state index >= 15 is 0 Å². The maximum absolute atomic E-state index is 14.0. The second-order valence-corrected chi connectivity index (χ2v) is 6.75. The summed E-state index contributed by atoms with van der Waals surface area (Å²) in [5.74, 6) is 0.755. The monoisotopic (exact) mass is 398 g/mol. The molecule has 0 amide bonds. The lowest BCUT2D eigenvalue weighted by molar-refractivity contribution is 0.180. The molecule has 29 heavy (non-hydrogen) atoms. The number of aliphatic hydroxyl groups excluding tert-OH is 1. The summed E-state index contributed by atoms with van der Waals surface area (Å²) in [6.07, 6.45) is -0.647. The van der Waals surface area contributed by atoms with Gasteiger partial charge in [0.05, 0.1) is 30.4 Å². The van der Waals surface area contributed by atoms with Gasteiger partial charge in [-0.3, -0.25) is 0 Å². The van der Waals surface area contributed by atoms with Crippen molar-refractivity contribution in [3.05, 3.63) is 65.0 Å². The maximum atomic E-state index is 14.0. The van der Waals surface area contributed by atoms with Crippen LogP contribution < -0.4 is 15.4 Å². The van der Waals surface area contributed by atoms with Gasteiger partial charge in [-0.1, -0.05) is 18.2 Å². The van der Waals surface area contributed by atoms with Crippen LogP contribution in [0.1, 0.15) is 43.6 Å². The molecular formula is C22H27FN4O2. The van der Waals surface area contributed by atoms with E-state index in [1.807, 2.05) is 51.1 Å². The summed E-state index contributed by atoms with van der Waals surface area (Å²) in [7, 11) is 0. The molecule has 154 valence electrons. The van der Waals surface area contributed by atoms with Crippen molar-refractivity contribution < 1.29 is 14.2 Å². The number of hydrogen-bond acceptors (Lipinski definition) is 4. The molecule has 3 N–H and O–H groups in total. The number of aliphatic hydroxyl groups is 1. The van der Waals surface area contributed by atoms with Crippen LogP contribution in [-0.4, -0.2) is 30.3 Å². The van der Waals surface area contributed by atoms with Crippen molar-refractivity contribution in [3.63, 3.8) is 0 Å². The zero-order valence-electron chi connectivity index (χ0n) is 16.9. The van der Waals surface area contributed by atoms with E-state index in [4.69, 9.17) is 10.00 Å². The minimum absolute atomic E-state index is 0.0901. The summed E-state index contributed by atoms with van der Waals surface area (Å²) in [4.78, 5) is 4.35. The average molecular weight is 398 g/mol. The van der Waals surface area contributed by atoms with Gasteiger partial charge in [-0.2, -0.15) is 5.26 Å². The number of halogens is 1. The molecular weight excluding hydrogens is 371 g/mol. The number of nitriles is 1. The maximum Gasteiger partial charge on any atom is 0.191 e. The first-order valence-electron chi connectivity index (χ1n) is 9.58. The molecule has 0 saturated carbocycles. The fraction of sp³-hybridized carbons (Fsp3) is 0.364. The smallest absolute Gasteiger partial charge is 0.191 e. The van der Waals surface area contributed by atoms with Crippen molar-refractivity contribution in [2.24, 2.45) is 4.99 Å². The minimum atomic E-state index is -0.737. The Balaban J connectivity index is 1.97. The molecule has 0 spiro atoms.